The molecule has 2 aliphatic heterocycles. The Labute approximate surface area is 85.6 Å². The third-order valence-corrected chi connectivity index (χ3v) is 4.95. The lowest BCUT2D eigenvalue weighted by atomic mass is 9.62. The number of rotatable bonds is 0. The average molecular weight is 196 g/mol. The minimum Gasteiger partial charge on any atom is -0.393 e. The summed E-state index contributed by atoms with van der Waals surface area (Å²) in [5.41, 5.74) is 0.136. The van der Waals surface area contributed by atoms with Crippen LogP contribution in [0.5, 0.6) is 0 Å². The Hall–Kier alpha value is -0.0800. The zero-order valence-electron chi connectivity index (χ0n) is 9.12. The van der Waals surface area contributed by atoms with Gasteiger partial charge in [0.1, 0.15) is 0 Å². The fourth-order valence-corrected chi connectivity index (χ4v) is 4.10. The van der Waals surface area contributed by atoms with Crippen molar-refractivity contribution in [3.63, 3.8) is 0 Å². The van der Waals surface area contributed by atoms with E-state index in [1.807, 2.05) is 0 Å². The van der Waals surface area contributed by atoms with E-state index < -0.39 is 0 Å². The standard InChI is InChI=1S/C12H20O2/c1-8-3-4-10(13)9-7-11(2)5-6-12(8,9)14-11/h8-10,13H,3-7H2,1-2H3. The fraction of sp³-hybridized carbons (Fsp3) is 1.00. The van der Waals surface area contributed by atoms with Crippen molar-refractivity contribution in [1.82, 2.24) is 0 Å². The number of aliphatic hydroxyl groups is 1. The molecule has 0 aromatic rings. The highest BCUT2D eigenvalue weighted by atomic mass is 16.5. The molecule has 2 bridgehead atoms. The summed E-state index contributed by atoms with van der Waals surface area (Å²) in [6.45, 7) is 4.52. The molecular formula is C12H20O2. The number of aliphatic hydroxyl groups excluding tert-OH is 1. The second kappa shape index (κ2) is 2.53. The summed E-state index contributed by atoms with van der Waals surface area (Å²) in [6.07, 6.45) is 5.46. The smallest absolute Gasteiger partial charge is 0.0770 e. The Morgan fingerprint density at radius 3 is 2.71 bits per heavy atom. The molecule has 1 spiro atoms. The van der Waals surface area contributed by atoms with Gasteiger partial charge in [-0.15, -0.1) is 0 Å². The zero-order valence-corrected chi connectivity index (χ0v) is 9.12. The van der Waals surface area contributed by atoms with Gasteiger partial charge in [0.2, 0.25) is 0 Å². The Kier molecular flexibility index (Phi) is 1.66. The van der Waals surface area contributed by atoms with Gasteiger partial charge >= 0.3 is 0 Å². The van der Waals surface area contributed by atoms with Gasteiger partial charge in [0.15, 0.2) is 0 Å². The first-order valence-electron chi connectivity index (χ1n) is 5.94. The van der Waals surface area contributed by atoms with E-state index in [0.29, 0.717) is 11.8 Å². The van der Waals surface area contributed by atoms with Crippen LogP contribution in [0.1, 0.15) is 46.0 Å². The van der Waals surface area contributed by atoms with Gasteiger partial charge in [-0.25, -0.2) is 0 Å². The summed E-state index contributed by atoms with van der Waals surface area (Å²) in [5, 5.41) is 10.0. The summed E-state index contributed by atoms with van der Waals surface area (Å²) < 4.78 is 6.27. The highest BCUT2D eigenvalue weighted by molar-refractivity contribution is 5.13. The number of fused-ring (bicyclic) bond motifs is 1. The van der Waals surface area contributed by atoms with Crippen molar-refractivity contribution < 1.29 is 9.84 Å². The number of hydrogen-bond donors (Lipinski definition) is 1. The van der Waals surface area contributed by atoms with Crippen LogP contribution in [-0.2, 0) is 4.74 Å². The third-order valence-electron chi connectivity index (χ3n) is 4.95. The second-order valence-electron chi connectivity index (χ2n) is 5.86. The molecule has 0 radical (unpaired) electrons. The van der Waals surface area contributed by atoms with Crippen molar-refractivity contribution in [2.75, 3.05) is 0 Å². The van der Waals surface area contributed by atoms with E-state index in [0.717, 1.165) is 19.3 Å². The van der Waals surface area contributed by atoms with E-state index in [1.54, 1.807) is 0 Å². The molecule has 0 aromatic heterocycles. The van der Waals surface area contributed by atoms with Crippen LogP contribution in [0.3, 0.4) is 0 Å². The predicted molar refractivity (Wildman–Crippen MR) is 54.0 cm³/mol. The maximum Gasteiger partial charge on any atom is 0.0770 e. The second-order valence-corrected chi connectivity index (χ2v) is 5.86. The van der Waals surface area contributed by atoms with Crippen molar-refractivity contribution in [3.8, 4) is 0 Å². The quantitative estimate of drug-likeness (QED) is 0.643. The molecule has 5 unspecified atom stereocenters. The van der Waals surface area contributed by atoms with Crippen LogP contribution < -0.4 is 0 Å². The molecule has 1 N–H and O–H groups in total. The lowest BCUT2D eigenvalue weighted by Gasteiger charge is -2.44. The molecule has 1 saturated carbocycles. The van der Waals surface area contributed by atoms with E-state index in [1.165, 1.54) is 12.8 Å². The zero-order chi connectivity index (χ0) is 9.97. The minimum absolute atomic E-state index is 0.0480. The normalized spacial score (nSPS) is 61.5. The summed E-state index contributed by atoms with van der Waals surface area (Å²) in [5.74, 6) is 1.06. The van der Waals surface area contributed by atoms with Crippen molar-refractivity contribution in [2.24, 2.45) is 11.8 Å². The molecule has 80 valence electrons. The summed E-state index contributed by atoms with van der Waals surface area (Å²) in [4.78, 5) is 0. The third kappa shape index (κ3) is 0.938. The first-order valence-corrected chi connectivity index (χ1v) is 5.94. The Morgan fingerprint density at radius 2 is 2.07 bits per heavy atom. The van der Waals surface area contributed by atoms with Crippen LogP contribution in [0, 0.1) is 11.8 Å². The lowest BCUT2D eigenvalue weighted by molar-refractivity contribution is -0.123. The minimum atomic E-state index is -0.103. The molecule has 2 nitrogen and oxygen atoms in total. The SMILES string of the molecule is CC1CCC(O)C2CC3(C)CCC12O3. The molecule has 5 atom stereocenters. The molecule has 2 heterocycles. The van der Waals surface area contributed by atoms with E-state index in [-0.39, 0.29) is 17.3 Å². The lowest BCUT2D eigenvalue weighted by Crippen LogP contribution is -2.49. The topological polar surface area (TPSA) is 29.5 Å². The van der Waals surface area contributed by atoms with Gasteiger partial charge < -0.3 is 9.84 Å². The summed E-state index contributed by atoms with van der Waals surface area (Å²) >= 11 is 0. The maximum atomic E-state index is 10.0. The van der Waals surface area contributed by atoms with Crippen LogP contribution in [0.25, 0.3) is 0 Å². The molecule has 14 heavy (non-hydrogen) atoms. The van der Waals surface area contributed by atoms with Gasteiger partial charge in [-0.05, 0) is 44.9 Å². The van der Waals surface area contributed by atoms with Gasteiger partial charge in [-0.1, -0.05) is 6.92 Å². The summed E-state index contributed by atoms with van der Waals surface area (Å²) in [6, 6.07) is 0. The van der Waals surface area contributed by atoms with Crippen LogP contribution >= 0.6 is 0 Å². The first-order chi connectivity index (χ1) is 6.56. The molecule has 2 saturated heterocycles. The molecule has 2 heteroatoms. The predicted octanol–water partition coefficient (Wildman–Crippen LogP) is 2.10. The van der Waals surface area contributed by atoms with Gasteiger partial charge in [0.05, 0.1) is 17.3 Å². The van der Waals surface area contributed by atoms with Crippen molar-refractivity contribution >= 4 is 0 Å². The van der Waals surface area contributed by atoms with Crippen LogP contribution in [-0.4, -0.2) is 22.4 Å². The van der Waals surface area contributed by atoms with Crippen LogP contribution in [0.4, 0.5) is 0 Å². The van der Waals surface area contributed by atoms with Crippen molar-refractivity contribution in [2.45, 2.75) is 63.3 Å². The monoisotopic (exact) mass is 196 g/mol. The largest absolute Gasteiger partial charge is 0.393 e. The van der Waals surface area contributed by atoms with Crippen molar-refractivity contribution in [1.29, 1.82) is 0 Å². The van der Waals surface area contributed by atoms with Gasteiger partial charge in [-0.2, -0.15) is 0 Å². The van der Waals surface area contributed by atoms with E-state index >= 15 is 0 Å². The van der Waals surface area contributed by atoms with Gasteiger partial charge in [0, 0.05) is 5.92 Å². The molecule has 3 aliphatic rings. The Bertz CT molecular complexity index is 265. The fourth-order valence-electron chi connectivity index (χ4n) is 4.10. The van der Waals surface area contributed by atoms with E-state index in [2.05, 4.69) is 13.8 Å². The van der Waals surface area contributed by atoms with Crippen LogP contribution in [0.2, 0.25) is 0 Å². The van der Waals surface area contributed by atoms with Crippen LogP contribution in [0.15, 0.2) is 0 Å². The molecule has 0 amide bonds. The number of hydrogen-bond acceptors (Lipinski definition) is 2. The highest BCUT2D eigenvalue weighted by Crippen LogP contribution is 2.61. The molecule has 1 aliphatic carbocycles. The molecule has 0 aromatic carbocycles. The molecular weight excluding hydrogens is 176 g/mol. The van der Waals surface area contributed by atoms with Crippen molar-refractivity contribution in [3.05, 3.63) is 0 Å². The average Bonchev–Trinajstić information content (AvgIpc) is 2.63. The highest BCUT2D eigenvalue weighted by Gasteiger charge is 2.64. The molecule has 3 rings (SSSR count). The molecule has 3 fully saturated rings. The Balaban J connectivity index is 1.99. The number of ether oxygens (including phenoxy) is 1. The van der Waals surface area contributed by atoms with E-state index in [4.69, 9.17) is 4.74 Å². The maximum absolute atomic E-state index is 10.0. The van der Waals surface area contributed by atoms with Gasteiger partial charge in [-0.3, -0.25) is 0 Å². The first kappa shape index (κ1) is 9.17. The van der Waals surface area contributed by atoms with E-state index in [9.17, 15) is 5.11 Å². The summed E-state index contributed by atoms with van der Waals surface area (Å²) in [7, 11) is 0. The van der Waals surface area contributed by atoms with Gasteiger partial charge in [0.25, 0.3) is 0 Å². The Morgan fingerprint density at radius 1 is 1.29 bits per heavy atom.